The summed E-state index contributed by atoms with van der Waals surface area (Å²) in [5.74, 6) is 0.212. The summed E-state index contributed by atoms with van der Waals surface area (Å²) in [6.07, 6.45) is 1.55. The zero-order valence-corrected chi connectivity index (χ0v) is 13.2. The predicted molar refractivity (Wildman–Crippen MR) is 89.3 cm³/mol. The van der Waals surface area contributed by atoms with Crippen LogP contribution in [0, 0.1) is 0 Å². The fraction of sp³-hybridized carbons (Fsp3) is 0.111. The molecule has 1 atom stereocenters. The third-order valence-corrected chi connectivity index (χ3v) is 3.82. The Morgan fingerprint density at radius 2 is 1.83 bits per heavy atom. The maximum Gasteiger partial charge on any atom is 0.307 e. The van der Waals surface area contributed by atoms with Crippen LogP contribution in [0.25, 0.3) is 11.3 Å². The summed E-state index contributed by atoms with van der Waals surface area (Å²) in [5, 5.41) is 3.45. The average Bonchev–Trinajstić information content (AvgIpc) is 3.06. The van der Waals surface area contributed by atoms with Crippen LogP contribution in [0.5, 0.6) is 0 Å². The van der Waals surface area contributed by atoms with Gasteiger partial charge in [0.05, 0.1) is 12.2 Å². The first kappa shape index (κ1) is 15.3. The zero-order valence-electron chi connectivity index (χ0n) is 12.5. The van der Waals surface area contributed by atoms with Gasteiger partial charge in [-0.05, 0) is 18.6 Å². The van der Waals surface area contributed by atoms with Gasteiger partial charge in [0.15, 0.2) is 5.76 Å². The molecular formula is C18H15ClN2O2. The van der Waals surface area contributed by atoms with Crippen molar-refractivity contribution in [1.29, 1.82) is 0 Å². The van der Waals surface area contributed by atoms with E-state index in [0.717, 1.165) is 11.1 Å². The summed E-state index contributed by atoms with van der Waals surface area (Å²) in [7, 11) is 0. The van der Waals surface area contributed by atoms with E-state index >= 15 is 0 Å². The molecule has 1 N–H and O–H groups in total. The second-order valence-corrected chi connectivity index (χ2v) is 5.52. The molecule has 0 aliphatic rings. The van der Waals surface area contributed by atoms with E-state index in [0.29, 0.717) is 10.8 Å². The summed E-state index contributed by atoms with van der Waals surface area (Å²) in [5.41, 5.74) is 1.72. The van der Waals surface area contributed by atoms with Crippen molar-refractivity contribution in [2.75, 3.05) is 0 Å². The lowest BCUT2D eigenvalue weighted by Gasteiger charge is -2.14. The minimum absolute atomic E-state index is 0.0303. The number of benzene rings is 2. The molecule has 3 aromatic rings. The van der Waals surface area contributed by atoms with Crippen LogP contribution in [0.4, 0.5) is 0 Å². The van der Waals surface area contributed by atoms with Gasteiger partial charge in [-0.15, -0.1) is 0 Å². The van der Waals surface area contributed by atoms with Gasteiger partial charge >= 0.3 is 5.91 Å². The van der Waals surface area contributed by atoms with Crippen LogP contribution in [0.3, 0.4) is 0 Å². The van der Waals surface area contributed by atoms with Crippen LogP contribution in [-0.2, 0) is 0 Å². The molecule has 0 aliphatic heterocycles. The maximum absolute atomic E-state index is 12.3. The van der Waals surface area contributed by atoms with Gasteiger partial charge in [-0.3, -0.25) is 4.79 Å². The highest BCUT2D eigenvalue weighted by Crippen LogP contribution is 2.23. The molecule has 1 amide bonds. The van der Waals surface area contributed by atoms with Gasteiger partial charge in [-0.25, -0.2) is 4.98 Å². The van der Waals surface area contributed by atoms with Gasteiger partial charge in [-0.1, -0.05) is 60.1 Å². The Balaban J connectivity index is 1.74. The second kappa shape index (κ2) is 6.67. The minimum atomic E-state index is -0.375. The number of nitrogens with zero attached hydrogens (tertiary/aromatic N) is 1. The fourth-order valence-corrected chi connectivity index (χ4v) is 2.58. The number of aromatic nitrogens is 1. The Kier molecular flexibility index (Phi) is 4.44. The van der Waals surface area contributed by atoms with E-state index < -0.39 is 0 Å². The first-order valence-electron chi connectivity index (χ1n) is 7.21. The number of amides is 1. The third-order valence-electron chi connectivity index (χ3n) is 3.48. The van der Waals surface area contributed by atoms with Crippen molar-refractivity contribution in [3.05, 3.63) is 77.3 Å². The summed E-state index contributed by atoms with van der Waals surface area (Å²) in [6.45, 7) is 1.86. The highest BCUT2D eigenvalue weighted by Gasteiger charge is 2.18. The molecular weight excluding hydrogens is 312 g/mol. The first-order valence-corrected chi connectivity index (χ1v) is 7.59. The largest absolute Gasteiger partial charge is 0.432 e. The van der Waals surface area contributed by atoms with Crippen LogP contribution in [0.2, 0.25) is 5.02 Å². The van der Waals surface area contributed by atoms with Crippen molar-refractivity contribution in [2.24, 2.45) is 0 Å². The summed E-state index contributed by atoms with van der Waals surface area (Å²) in [4.78, 5) is 16.3. The van der Waals surface area contributed by atoms with E-state index in [2.05, 4.69) is 10.3 Å². The van der Waals surface area contributed by atoms with Crippen LogP contribution < -0.4 is 5.32 Å². The summed E-state index contributed by atoms with van der Waals surface area (Å²) < 4.78 is 5.54. The first-order chi connectivity index (χ1) is 11.1. The topological polar surface area (TPSA) is 55.1 Å². The van der Waals surface area contributed by atoms with Crippen molar-refractivity contribution in [3.63, 3.8) is 0 Å². The summed E-state index contributed by atoms with van der Waals surface area (Å²) in [6, 6.07) is 16.7. The smallest absolute Gasteiger partial charge is 0.307 e. The molecule has 1 unspecified atom stereocenters. The normalized spacial score (nSPS) is 11.9. The Labute approximate surface area is 139 Å². The molecule has 0 radical (unpaired) electrons. The van der Waals surface area contributed by atoms with Crippen LogP contribution >= 0.6 is 11.6 Å². The van der Waals surface area contributed by atoms with E-state index in [1.54, 1.807) is 12.3 Å². The Hall–Kier alpha value is -2.59. The second-order valence-electron chi connectivity index (χ2n) is 5.11. The lowest BCUT2D eigenvalue weighted by molar-refractivity contribution is 0.0905. The molecule has 0 spiro atoms. The van der Waals surface area contributed by atoms with Crippen molar-refractivity contribution in [1.82, 2.24) is 10.3 Å². The van der Waals surface area contributed by atoms with Crippen molar-refractivity contribution in [2.45, 2.75) is 13.0 Å². The molecule has 0 bridgehead atoms. The lowest BCUT2D eigenvalue weighted by atomic mass is 10.1. The molecule has 0 fully saturated rings. The Morgan fingerprint density at radius 3 is 2.57 bits per heavy atom. The van der Waals surface area contributed by atoms with E-state index in [4.69, 9.17) is 16.0 Å². The maximum atomic E-state index is 12.3. The van der Waals surface area contributed by atoms with E-state index in [1.807, 2.05) is 55.5 Å². The van der Waals surface area contributed by atoms with Crippen molar-refractivity contribution >= 4 is 17.5 Å². The number of hydrogen-bond acceptors (Lipinski definition) is 3. The molecule has 3 rings (SSSR count). The highest BCUT2D eigenvalue weighted by molar-refractivity contribution is 6.31. The number of rotatable bonds is 4. The monoisotopic (exact) mass is 326 g/mol. The average molecular weight is 327 g/mol. The van der Waals surface area contributed by atoms with E-state index in [-0.39, 0.29) is 17.8 Å². The molecule has 2 aromatic carbocycles. The lowest BCUT2D eigenvalue weighted by Crippen LogP contribution is -2.27. The van der Waals surface area contributed by atoms with Gasteiger partial charge < -0.3 is 9.73 Å². The summed E-state index contributed by atoms with van der Waals surface area (Å²) >= 11 is 6.14. The number of hydrogen-bond donors (Lipinski definition) is 1. The molecule has 0 saturated carbocycles. The quantitative estimate of drug-likeness (QED) is 0.768. The number of carbonyl (C=O) groups is 1. The number of halogens is 1. The number of oxazole rings is 1. The standard InChI is InChI=1S/C18H15ClN2O2/c1-12(14-9-5-6-10-15(14)19)21-17(22)18-20-11-16(23-18)13-7-3-2-4-8-13/h2-12H,1H3,(H,21,22). The van der Waals surface area contributed by atoms with Gasteiger partial charge in [0, 0.05) is 10.6 Å². The van der Waals surface area contributed by atoms with E-state index in [9.17, 15) is 4.79 Å². The molecule has 0 saturated heterocycles. The molecule has 1 aromatic heterocycles. The molecule has 23 heavy (non-hydrogen) atoms. The SMILES string of the molecule is CC(NC(=O)c1ncc(-c2ccccc2)o1)c1ccccc1Cl. The molecule has 1 heterocycles. The Bertz CT molecular complexity index is 815. The van der Waals surface area contributed by atoms with E-state index in [1.165, 1.54) is 0 Å². The van der Waals surface area contributed by atoms with Crippen LogP contribution in [-0.4, -0.2) is 10.9 Å². The molecule has 116 valence electrons. The number of nitrogens with one attached hydrogen (secondary N) is 1. The predicted octanol–water partition coefficient (Wildman–Crippen LogP) is 4.49. The zero-order chi connectivity index (χ0) is 16.2. The molecule has 4 nitrogen and oxygen atoms in total. The third kappa shape index (κ3) is 3.43. The molecule has 0 aliphatic carbocycles. The Morgan fingerprint density at radius 1 is 1.13 bits per heavy atom. The van der Waals surface area contributed by atoms with Crippen molar-refractivity contribution in [3.8, 4) is 11.3 Å². The highest BCUT2D eigenvalue weighted by atomic mass is 35.5. The number of carbonyl (C=O) groups excluding carboxylic acids is 1. The van der Waals surface area contributed by atoms with Crippen LogP contribution in [0.15, 0.2) is 65.2 Å². The van der Waals surface area contributed by atoms with Gasteiger partial charge in [0.25, 0.3) is 5.89 Å². The minimum Gasteiger partial charge on any atom is -0.432 e. The fourth-order valence-electron chi connectivity index (χ4n) is 2.28. The van der Waals surface area contributed by atoms with Crippen LogP contribution in [0.1, 0.15) is 29.2 Å². The van der Waals surface area contributed by atoms with Gasteiger partial charge in [-0.2, -0.15) is 0 Å². The van der Waals surface area contributed by atoms with Crippen molar-refractivity contribution < 1.29 is 9.21 Å². The van der Waals surface area contributed by atoms with Gasteiger partial charge in [0.2, 0.25) is 0 Å². The van der Waals surface area contributed by atoms with Gasteiger partial charge in [0.1, 0.15) is 0 Å². The molecule has 5 heteroatoms.